The van der Waals surface area contributed by atoms with Gasteiger partial charge in [-0.2, -0.15) is 0 Å². The molecule has 3 aromatic carbocycles. The van der Waals surface area contributed by atoms with Crippen molar-refractivity contribution in [2.24, 2.45) is 5.92 Å². The molecular formula is C31H39N3O6. The normalized spacial score (nSPS) is 10.9. The van der Waals surface area contributed by atoms with Crippen molar-refractivity contribution in [2.75, 3.05) is 17.0 Å². The Morgan fingerprint density at radius 1 is 0.850 bits per heavy atom. The van der Waals surface area contributed by atoms with Crippen LogP contribution in [0.3, 0.4) is 0 Å². The van der Waals surface area contributed by atoms with Crippen molar-refractivity contribution in [2.45, 2.75) is 52.4 Å². The Hall–Kier alpha value is -4.37. The van der Waals surface area contributed by atoms with Crippen LogP contribution in [0.15, 0.2) is 84.9 Å². The van der Waals surface area contributed by atoms with Crippen LogP contribution in [0.5, 0.6) is 5.75 Å². The van der Waals surface area contributed by atoms with Gasteiger partial charge in [-0.1, -0.05) is 81.6 Å². The number of unbranched alkanes of at least 4 members (excludes halogenated alkanes) is 2. The molecule has 214 valence electrons. The number of carboxylic acids is 1. The molecule has 0 spiro atoms. The molecule has 0 saturated heterocycles. The Morgan fingerprint density at radius 2 is 1.45 bits per heavy atom. The standard InChI is InChI=1S/C19H22N2O3.C12H17NO3/c1-2-3-14-17(19(23)24)18(22)21(16-12-8-5-9-13-16)20-15-10-6-4-7-11-15;1-2-3-8-16-11-6-4-10(5-7-11)9-12(14)13-15/h4-13,17,20H,2-3,14H2,1H3,(H,23,24);4-7,15H,2-3,8-9H2,1H3,(H,13,14). The lowest BCUT2D eigenvalue weighted by atomic mass is 10.0. The quantitative estimate of drug-likeness (QED) is 0.0859. The van der Waals surface area contributed by atoms with Gasteiger partial charge in [0.15, 0.2) is 0 Å². The molecule has 2 amide bonds. The largest absolute Gasteiger partial charge is 0.494 e. The van der Waals surface area contributed by atoms with Gasteiger partial charge in [-0.15, -0.1) is 0 Å². The fourth-order valence-corrected chi connectivity index (χ4v) is 3.65. The summed E-state index contributed by atoms with van der Waals surface area (Å²) < 4.78 is 5.48. The first-order valence-electron chi connectivity index (χ1n) is 13.5. The Balaban J connectivity index is 0.000000305. The summed E-state index contributed by atoms with van der Waals surface area (Å²) >= 11 is 0. The van der Waals surface area contributed by atoms with Crippen LogP contribution in [-0.2, 0) is 20.8 Å². The van der Waals surface area contributed by atoms with Gasteiger partial charge in [0.2, 0.25) is 5.91 Å². The second-order valence-corrected chi connectivity index (χ2v) is 9.08. The lowest BCUT2D eigenvalue weighted by Gasteiger charge is -2.27. The Bertz CT molecular complexity index is 1160. The maximum atomic E-state index is 12.9. The van der Waals surface area contributed by atoms with E-state index in [2.05, 4.69) is 12.3 Å². The minimum absolute atomic E-state index is 0.172. The van der Waals surface area contributed by atoms with Crippen molar-refractivity contribution in [3.8, 4) is 5.75 Å². The molecule has 3 rings (SSSR count). The lowest BCUT2D eigenvalue weighted by molar-refractivity contribution is -0.146. The van der Waals surface area contributed by atoms with Crippen LogP contribution >= 0.6 is 0 Å². The monoisotopic (exact) mass is 549 g/mol. The number of carboxylic acid groups (broad SMARTS) is 1. The maximum absolute atomic E-state index is 12.9. The van der Waals surface area contributed by atoms with Gasteiger partial charge in [0.05, 0.1) is 24.4 Å². The van der Waals surface area contributed by atoms with Crippen LogP contribution in [0.2, 0.25) is 0 Å². The first kappa shape index (κ1) is 31.8. The number of anilines is 2. The predicted octanol–water partition coefficient (Wildman–Crippen LogP) is 5.85. The summed E-state index contributed by atoms with van der Waals surface area (Å²) in [6.07, 6.45) is 4.17. The molecule has 9 nitrogen and oxygen atoms in total. The number of hydroxylamine groups is 1. The van der Waals surface area contributed by atoms with E-state index in [1.54, 1.807) is 17.6 Å². The summed E-state index contributed by atoms with van der Waals surface area (Å²) in [5, 5.41) is 19.1. The number of hydrogen-bond donors (Lipinski definition) is 4. The van der Waals surface area contributed by atoms with E-state index in [0.717, 1.165) is 30.6 Å². The number of carbonyl (C=O) groups excluding carboxylic acids is 2. The Kier molecular flexibility index (Phi) is 14.3. The van der Waals surface area contributed by atoms with Crippen molar-refractivity contribution in [1.29, 1.82) is 0 Å². The third-order valence-corrected chi connectivity index (χ3v) is 5.87. The molecule has 0 aliphatic carbocycles. The molecule has 0 fully saturated rings. The van der Waals surface area contributed by atoms with Gasteiger partial charge in [0.25, 0.3) is 5.91 Å². The first-order chi connectivity index (χ1) is 19.4. The van der Waals surface area contributed by atoms with E-state index in [-0.39, 0.29) is 6.42 Å². The molecular weight excluding hydrogens is 510 g/mol. The molecule has 0 saturated carbocycles. The van der Waals surface area contributed by atoms with Gasteiger partial charge < -0.3 is 9.84 Å². The van der Waals surface area contributed by atoms with E-state index in [9.17, 15) is 19.5 Å². The second kappa shape index (κ2) is 18.0. The van der Waals surface area contributed by atoms with Crippen molar-refractivity contribution < 1.29 is 29.4 Å². The van der Waals surface area contributed by atoms with Crippen LogP contribution < -0.4 is 20.7 Å². The van der Waals surface area contributed by atoms with E-state index in [4.69, 9.17) is 9.94 Å². The molecule has 40 heavy (non-hydrogen) atoms. The van der Waals surface area contributed by atoms with E-state index in [1.807, 2.05) is 79.7 Å². The van der Waals surface area contributed by atoms with Crippen LogP contribution in [0, 0.1) is 5.92 Å². The van der Waals surface area contributed by atoms with Gasteiger partial charge >= 0.3 is 5.97 Å². The zero-order valence-electron chi connectivity index (χ0n) is 23.1. The van der Waals surface area contributed by atoms with Gasteiger partial charge in [0.1, 0.15) is 11.7 Å². The van der Waals surface area contributed by atoms with E-state index in [0.29, 0.717) is 30.8 Å². The predicted molar refractivity (Wildman–Crippen MR) is 155 cm³/mol. The number of amides is 2. The number of nitrogens with zero attached hydrogens (tertiary/aromatic N) is 1. The van der Waals surface area contributed by atoms with Crippen LogP contribution in [0.4, 0.5) is 11.4 Å². The SMILES string of the molecule is CCCCC(C(=O)O)C(=O)N(Nc1ccccc1)c1ccccc1.CCCCOc1ccc(CC(=O)NO)cc1. The van der Waals surface area contributed by atoms with Crippen molar-refractivity contribution >= 4 is 29.2 Å². The number of carbonyl (C=O) groups is 3. The summed E-state index contributed by atoms with van der Waals surface area (Å²) in [4.78, 5) is 35.3. The number of nitrogens with one attached hydrogen (secondary N) is 2. The summed E-state index contributed by atoms with van der Waals surface area (Å²) in [5.41, 5.74) is 6.79. The molecule has 0 aliphatic rings. The summed E-state index contributed by atoms with van der Waals surface area (Å²) in [6, 6.07) is 25.5. The molecule has 3 aromatic rings. The molecule has 0 radical (unpaired) electrons. The average molecular weight is 550 g/mol. The molecule has 1 unspecified atom stereocenters. The number of para-hydroxylation sites is 2. The summed E-state index contributed by atoms with van der Waals surface area (Å²) in [6.45, 7) is 4.80. The fraction of sp³-hybridized carbons (Fsp3) is 0.323. The number of benzene rings is 3. The van der Waals surface area contributed by atoms with E-state index < -0.39 is 23.7 Å². The molecule has 0 heterocycles. The van der Waals surface area contributed by atoms with Crippen LogP contribution in [0.25, 0.3) is 0 Å². The minimum atomic E-state index is -1.09. The van der Waals surface area contributed by atoms with Gasteiger partial charge in [-0.05, 0) is 54.8 Å². The lowest BCUT2D eigenvalue weighted by Crippen LogP contribution is -2.43. The highest BCUT2D eigenvalue weighted by atomic mass is 16.5. The van der Waals surface area contributed by atoms with E-state index >= 15 is 0 Å². The topological polar surface area (TPSA) is 128 Å². The van der Waals surface area contributed by atoms with Crippen molar-refractivity contribution in [1.82, 2.24) is 5.48 Å². The van der Waals surface area contributed by atoms with Gasteiger partial charge in [0, 0.05) is 0 Å². The zero-order chi connectivity index (χ0) is 29.2. The first-order valence-corrected chi connectivity index (χ1v) is 13.5. The molecule has 4 N–H and O–H groups in total. The molecule has 0 bridgehead atoms. The molecule has 0 aromatic heterocycles. The second-order valence-electron chi connectivity index (χ2n) is 9.08. The van der Waals surface area contributed by atoms with E-state index in [1.165, 1.54) is 5.01 Å². The number of aliphatic carboxylic acids is 1. The smallest absolute Gasteiger partial charge is 0.316 e. The average Bonchev–Trinajstić information content (AvgIpc) is 2.98. The summed E-state index contributed by atoms with van der Waals surface area (Å²) in [5.74, 6) is -2.24. The zero-order valence-corrected chi connectivity index (χ0v) is 23.1. The third kappa shape index (κ3) is 11.2. The Labute approximate surface area is 235 Å². The highest BCUT2D eigenvalue weighted by Crippen LogP contribution is 2.21. The molecule has 0 aliphatic heterocycles. The molecule has 1 atom stereocenters. The summed E-state index contributed by atoms with van der Waals surface area (Å²) in [7, 11) is 0. The number of ether oxygens (including phenoxy) is 1. The maximum Gasteiger partial charge on any atom is 0.316 e. The van der Waals surface area contributed by atoms with Gasteiger partial charge in [-0.25, -0.2) is 10.5 Å². The molecule has 9 heteroatoms. The van der Waals surface area contributed by atoms with Gasteiger partial charge in [-0.3, -0.25) is 25.0 Å². The van der Waals surface area contributed by atoms with Crippen molar-refractivity contribution in [3.05, 3.63) is 90.5 Å². The highest BCUT2D eigenvalue weighted by molar-refractivity contribution is 6.06. The number of hydrogen-bond acceptors (Lipinski definition) is 6. The Morgan fingerprint density at radius 3 is 2.00 bits per heavy atom. The minimum Gasteiger partial charge on any atom is -0.494 e. The van der Waals surface area contributed by atoms with Crippen LogP contribution in [-0.4, -0.2) is 34.7 Å². The third-order valence-electron chi connectivity index (χ3n) is 5.87. The van der Waals surface area contributed by atoms with Crippen LogP contribution in [0.1, 0.15) is 51.5 Å². The fourth-order valence-electron chi connectivity index (χ4n) is 3.65. The van der Waals surface area contributed by atoms with Crippen molar-refractivity contribution in [3.63, 3.8) is 0 Å². The number of hydrazine groups is 1. The highest BCUT2D eigenvalue weighted by Gasteiger charge is 2.31. The number of rotatable bonds is 14.